The Kier molecular flexibility index (Phi) is 5.99. The summed E-state index contributed by atoms with van der Waals surface area (Å²) in [7, 11) is 0. The van der Waals surface area contributed by atoms with Crippen LogP contribution in [0.5, 0.6) is 0 Å². The lowest BCUT2D eigenvalue weighted by Gasteiger charge is -2.28. The lowest BCUT2D eigenvalue weighted by atomic mass is 9.96. The van der Waals surface area contributed by atoms with E-state index in [2.05, 4.69) is 25.4 Å². The highest BCUT2D eigenvalue weighted by molar-refractivity contribution is 6.16. The number of carbonyl (C=O) groups excluding carboxylic acids is 1. The Morgan fingerprint density at radius 3 is 2.50 bits per heavy atom. The van der Waals surface area contributed by atoms with Gasteiger partial charge in [-0.3, -0.25) is 9.79 Å². The predicted molar refractivity (Wildman–Crippen MR) is 138 cm³/mol. The van der Waals surface area contributed by atoms with E-state index in [0.29, 0.717) is 5.89 Å². The molecule has 4 aromatic rings. The van der Waals surface area contributed by atoms with Gasteiger partial charge in [0.1, 0.15) is 5.82 Å². The predicted octanol–water partition coefficient (Wildman–Crippen LogP) is 4.52. The van der Waals surface area contributed by atoms with Crippen LogP contribution >= 0.6 is 0 Å². The maximum Gasteiger partial charge on any atom is 0.317 e. The molecule has 2 aliphatic rings. The number of Topliss-reactive ketones (excluding diaryl/α,β-unsaturated/α-hetero) is 1. The van der Waals surface area contributed by atoms with E-state index in [4.69, 9.17) is 9.41 Å². The zero-order valence-corrected chi connectivity index (χ0v) is 19.8. The summed E-state index contributed by atoms with van der Waals surface area (Å²) < 4.78 is 5.99. The number of aliphatic imine (C=N–C) groups is 1. The van der Waals surface area contributed by atoms with Crippen LogP contribution < -0.4 is 10.2 Å². The van der Waals surface area contributed by atoms with E-state index in [9.17, 15) is 4.79 Å². The molecule has 0 spiro atoms. The average molecular weight is 479 g/mol. The molecule has 8 nitrogen and oxygen atoms in total. The lowest BCUT2D eigenvalue weighted by Crippen LogP contribution is -2.30. The highest BCUT2D eigenvalue weighted by Gasteiger charge is 2.28. The van der Waals surface area contributed by atoms with Crippen LogP contribution in [0.4, 0.5) is 11.8 Å². The zero-order valence-electron chi connectivity index (χ0n) is 19.8. The molecule has 4 heterocycles. The molecule has 1 fully saturated rings. The Labute approximate surface area is 209 Å². The Balaban J connectivity index is 1.32. The number of anilines is 2. The highest BCUT2D eigenvalue weighted by atomic mass is 16.4. The summed E-state index contributed by atoms with van der Waals surface area (Å²) in [4.78, 5) is 24.9. The van der Waals surface area contributed by atoms with Gasteiger partial charge in [0, 0.05) is 36.8 Å². The first-order chi connectivity index (χ1) is 17.8. The van der Waals surface area contributed by atoms with Gasteiger partial charge >= 0.3 is 6.01 Å². The van der Waals surface area contributed by atoms with Crippen molar-refractivity contribution >= 4 is 23.3 Å². The number of ketones is 1. The topological polar surface area (TPSA) is 96.5 Å². The molecule has 2 aliphatic heterocycles. The molecule has 6 rings (SSSR count). The molecule has 0 amide bonds. The van der Waals surface area contributed by atoms with Gasteiger partial charge in [-0.15, -0.1) is 5.10 Å². The van der Waals surface area contributed by atoms with Crippen LogP contribution in [0.1, 0.15) is 36.0 Å². The van der Waals surface area contributed by atoms with E-state index in [1.165, 1.54) is 6.42 Å². The van der Waals surface area contributed by atoms with Crippen LogP contribution in [0.3, 0.4) is 0 Å². The van der Waals surface area contributed by atoms with Crippen molar-refractivity contribution in [2.24, 2.45) is 4.99 Å². The number of hydrogen-bond donors (Lipinski definition) is 1. The number of carbonyl (C=O) groups is 1. The minimum Gasteiger partial charge on any atom is -0.403 e. The number of nitrogens with one attached hydrogen (secondary N) is 1. The van der Waals surface area contributed by atoms with Gasteiger partial charge in [0.05, 0.1) is 11.3 Å². The second-order valence-corrected chi connectivity index (χ2v) is 9.03. The van der Waals surface area contributed by atoms with E-state index < -0.39 is 6.17 Å². The van der Waals surface area contributed by atoms with Crippen molar-refractivity contribution in [3.63, 3.8) is 0 Å². The van der Waals surface area contributed by atoms with Crippen LogP contribution in [0.15, 0.2) is 82.3 Å². The van der Waals surface area contributed by atoms with Gasteiger partial charge in [0.15, 0.2) is 11.9 Å². The number of pyridine rings is 1. The molecule has 2 aromatic carbocycles. The van der Waals surface area contributed by atoms with Crippen molar-refractivity contribution < 1.29 is 9.21 Å². The normalized spacial score (nSPS) is 17.8. The number of hydrogen-bond acceptors (Lipinski definition) is 8. The van der Waals surface area contributed by atoms with Crippen LogP contribution in [-0.4, -0.2) is 45.9 Å². The summed E-state index contributed by atoms with van der Waals surface area (Å²) in [6.07, 6.45) is 4.71. The van der Waals surface area contributed by atoms with Gasteiger partial charge in [0.2, 0.25) is 0 Å². The molecule has 1 atom stereocenters. The summed E-state index contributed by atoms with van der Waals surface area (Å²) in [5.41, 5.74) is 4.39. The molecule has 0 radical (unpaired) electrons. The smallest absolute Gasteiger partial charge is 0.317 e. The van der Waals surface area contributed by atoms with Crippen LogP contribution in [0.25, 0.3) is 11.5 Å². The third kappa shape index (κ3) is 4.37. The molecule has 0 saturated carbocycles. The maximum atomic E-state index is 13.2. The molecule has 8 heteroatoms. The summed E-state index contributed by atoms with van der Waals surface area (Å²) in [6.45, 7) is 1.91. The SMILES string of the molecule is O=C1Cc2ccccc2C(c2ccccc2)=NC1Nc1nnc(-c2cccnc2N2CCCCC2)o1. The molecule has 36 heavy (non-hydrogen) atoms. The fourth-order valence-corrected chi connectivity index (χ4v) is 4.83. The molecule has 1 unspecified atom stereocenters. The first kappa shape index (κ1) is 22.2. The van der Waals surface area contributed by atoms with Crippen molar-refractivity contribution in [1.82, 2.24) is 15.2 Å². The summed E-state index contributed by atoms with van der Waals surface area (Å²) in [5, 5.41) is 11.5. The quantitative estimate of drug-likeness (QED) is 0.450. The molecule has 0 aliphatic carbocycles. The summed E-state index contributed by atoms with van der Waals surface area (Å²) in [6, 6.07) is 21.7. The van der Waals surface area contributed by atoms with Gasteiger partial charge in [-0.1, -0.05) is 59.7 Å². The number of nitrogens with zero attached hydrogens (tertiary/aromatic N) is 5. The van der Waals surface area contributed by atoms with E-state index in [1.54, 1.807) is 6.20 Å². The number of piperidine rings is 1. The Morgan fingerprint density at radius 1 is 0.861 bits per heavy atom. The van der Waals surface area contributed by atoms with Crippen molar-refractivity contribution in [3.8, 4) is 11.5 Å². The molecule has 1 saturated heterocycles. The van der Waals surface area contributed by atoms with Crippen molar-refractivity contribution in [2.75, 3.05) is 23.3 Å². The Hall–Kier alpha value is -4.33. The lowest BCUT2D eigenvalue weighted by molar-refractivity contribution is -0.119. The number of fused-ring (bicyclic) bond motifs is 1. The van der Waals surface area contributed by atoms with Crippen LogP contribution in [0, 0.1) is 0 Å². The van der Waals surface area contributed by atoms with Gasteiger partial charge in [-0.25, -0.2) is 4.98 Å². The van der Waals surface area contributed by atoms with Crippen molar-refractivity contribution in [2.45, 2.75) is 31.8 Å². The van der Waals surface area contributed by atoms with E-state index in [1.807, 2.05) is 66.7 Å². The zero-order chi connectivity index (χ0) is 24.3. The summed E-state index contributed by atoms with van der Waals surface area (Å²) in [5.74, 6) is 1.14. The second-order valence-electron chi connectivity index (χ2n) is 9.03. The number of rotatable bonds is 5. The van der Waals surface area contributed by atoms with Crippen molar-refractivity contribution in [3.05, 3.63) is 89.6 Å². The minimum absolute atomic E-state index is 0.0662. The second kappa shape index (κ2) is 9.73. The number of benzene rings is 2. The average Bonchev–Trinajstić information content (AvgIpc) is 3.35. The van der Waals surface area contributed by atoms with Crippen molar-refractivity contribution in [1.29, 1.82) is 0 Å². The molecule has 0 bridgehead atoms. The van der Waals surface area contributed by atoms with Crippen LogP contribution in [0.2, 0.25) is 0 Å². The molecule has 180 valence electrons. The molecule has 1 N–H and O–H groups in total. The molecular formula is C28H26N6O2. The third-order valence-corrected chi connectivity index (χ3v) is 6.61. The van der Waals surface area contributed by atoms with E-state index in [-0.39, 0.29) is 18.2 Å². The minimum atomic E-state index is -0.851. The first-order valence-electron chi connectivity index (χ1n) is 12.3. The molecule has 2 aromatic heterocycles. The fourth-order valence-electron chi connectivity index (χ4n) is 4.83. The van der Waals surface area contributed by atoms with Gasteiger partial charge in [0.25, 0.3) is 5.89 Å². The largest absolute Gasteiger partial charge is 0.403 e. The fraction of sp³-hybridized carbons (Fsp3) is 0.250. The standard InChI is InChI=1S/C28H26N6O2/c35-23-18-20-12-5-6-13-21(20)24(19-10-3-1-4-11-19)30-25(23)31-28-33-32-27(36-28)22-14-9-15-29-26(22)34-16-7-2-8-17-34/h1,3-6,9-15,25H,2,7-8,16-18H2,(H,31,33). The first-order valence-corrected chi connectivity index (χ1v) is 12.3. The number of aromatic nitrogens is 3. The summed E-state index contributed by atoms with van der Waals surface area (Å²) >= 11 is 0. The molecular weight excluding hydrogens is 452 g/mol. The van der Waals surface area contributed by atoms with Gasteiger partial charge < -0.3 is 14.6 Å². The van der Waals surface area contributed by atoms with Gasteiger partial charge in [-0.05, 0) is 37.0 Å². The van der Waals surface area contributed by atoms with E-state index >= 15 is 0 Å². The van der Waals surface area contributed by atoms with E-state index in [0.717, 1.165) is 59.7 Å². The highest BCUT2D eigenvalue weighted by Crippen LogP contribution is 2.31. The maximum absolute atomic E-state index is 13.2. The Morgan fingerprint density at radius 2 is 1.64 bits per heavy atom. The third-order valence-electron chi connectivity index (χ3n) is 6.61. The monoisotopic (exact) mass is 478 g/mol. The van der Waals surface area contributed by atoms with Gasteiger partial charge in [-0.2, -0.15) is 0 Å². The van der Waals surface area contributed by atoms with Crippen LogP contribution in [-0.2, 0) is 11.2 Å². The Bertz CT molecular complexity index is 1410.